The molecule has 2 aromatic carbocycles. The van der Waals surface area contributed by atoms with Gasteiger partial charge in [0, 0.05) is 20.4 Å². The molecule has 0 N–H and O–H groups in total. The van der Waals surface area contributed by atoms with Gasteiger partial charge in [0.1, 0.15) is 0 Å². The quantitative estimate of drug-likeness (QED) is 0.620. The molecule has 0 saturated carbocycles. The third-order valence-electron chi connectivity index (χ3n) is 3.25. The molecule has 1 unspecified atom stereocenters. The Morgan fingerprint density at radius 3 is 2.67 bits per heavy atom. The Balaban J connectivity index is 2.25. The monoisotopic (exact) mass is 364 g/mol. The molecule has 0 aliphatic heterocycles. The molecular weight excluding hydrogens is 356 g/mol. The van der Waals surface area contributed by atoms with E-state index in [0.717, 1.165) is 33.1 Å². The van der Waals surface area contributed by atoms with Crippen LogP contribution in [0.4, 0.5) is 0 Å². The summed E-state index contributed by atoms with van der Waals surface area (Å²) in [4.78, 5) is 12.7. The molecule has 3 heteroatoms. The van der Waals surface area contributed by atoms with Crippen molar-refractivity contribution in [3.63, 3.8) is 0 Å². The first-order chi connectivity index (χ1) is 8.66. The molecule has 1 aliphatic rings. The zero-order valence-corrected chi connectivity index (χ0v) is 12.7. The van der Waals surface area contributed by atoms with Gasteiger partial charge in [0.2, 0.25) is 0 Å². The van der Waals surface area contributed by atoms with Crippen molar-refractivity contribution in [2.45, 2.75) is 11.2 Å². The van der Waals surface area contributed by atoms with E-state index in [0.29, 0.717) is 0 Å². The van der Waals surface area contributed by atoms with Crippen LogP contribution in [0, 0.1) is 0 Å². The average Bonchev–Trinajstić information content (AvgIpc) is 2.47. The number of ketones is 1. The van der Waals surface area contributed by atoms with Gasteiger partial charge in [-0.15, -0.1) is 0 Å². The Bertz CT molecular complexity index is 634. The lowest BCUT2D eigenvalue weighted by Crippen LogP contribution is -2.03. The van der Waals surface area contributed by atoms with Crippen LogP contribution < -0.4 is 0 Å². The predicted molar refractivity (Wildman–Crippen MR) is 79.4 cm³/mol. The number of hydrogen-bond donors (Lipinski definition) is 0. The molecular formula is C15H10Br2O. The van der Waals surface area contributed by atoms with Gasteiger partial charge in [-0.3, -0.25) is 4.79 Å². The van der Waals surface area contributed by atoms with Crippen LogP contribution in [0.15, 0.2) is 46.9 Å². The molecule has 0 amide bonds. The van der Waals surface area contributed by atoms with Crippen LogP contribution in [0.2, 0.25) is 0 Å². The zero-order chi connectivity index (χ0) is 12.7. The van der Waals surface area contributed by atoms with Crippen molar-refractivity contribution in [1.82, 2.24) is 0 Å². The molecule has 1 aliphatic carbocycles. The van der Waals surface area contributed by atoms with Crippen LogP contribution in [-0.2, 0) is 6.42 Å². The fraction of sp³-hybridized carbons (Fsp3) is 0.133. The largest absolute Gasteiger partial charge is 0.289 e. The minimum absolute atomic E-state index is 0.120. The first-order valence-electron chi connectivity index (χ1n) is 5.73. The van der Waals surface area contributed by atoms with Crippen molar-refractivity contribution in [1.29, 1.82) is 0 Å². The molecule has 3 rings (SSSR count). The van der Waals surface area contributed by atoms with E-state index >= 15 is 0 Å². The van der Waals surface area contributed by atoms with Crippen molar-refractivity contribution in [3.05, 3.63) is 69.2 Å². The highest BCUT2D eigenvalue weighted by atomic mass is 79.9. The van der Waals surface area contributed by atoms with Crippen LogP contribution in [0.3, 0.4) is 0 Å². The highest BCUT2D eigenvalue weighted by molar-refractivity contribution is 9.10. The summed E-state index contributed by atoms with van der Waals surface area (Å²) in [7, 11) is 0. The molecule has 0 spiro atoms. The second kappa shape index (κ2) is 4.63. The molecule has 0 aromatic heterocycles. The van der Waals surface area contributed by atoms with E-state index in [9.17, 15) is 4.79 Å². The lowest BCUT2D eigenvalue weighted by Gasteiger charge is -2.09. The van der Waals surface area contributed by atoms with E-state index in [1.54, 1.807) is 0 Å². The van der Waals surface area contributed by atoms with Gasteiger partial charge in [-0.25, -0.2) is 0 Å². The van der Waals surface area contributed by atoms with E-state index < -0.39 is 0 Å². The first kappa shape index (κ1) is 12.1. The minimum atomic E-state index is 0.120. The Morgan fingerprint density at radius 2 is 1.83 bits per heavy atom. The van der Waals surface area contributed by atoms with Gasteiger partial charge in [0.05, 0.1) is 0 Å². The van der Waals surface area contributed by atoms with E-state index in [1.807, 2.05) is 42.5 Å². The van der Waals surface area contributed by atoms with Gasteiger partial charge in [-0.1, -0.05) is 56.1 Å². The van der Waals surface area contributed by atoms with Gasteiger partial charge in [-0.05, 0) is 35.7 Å². The number of rotatable bonds is 0. The summed E-state index contributed by atoms with van der Waals surface area (Å²) < 4.78 is 1.01. The number of hydrogen-bond acceptors (Lipinski definition) is 1. The summed E-state index contributed by atoms with van der Waals surface area (Å²) in [5.74, 6) is 0.120. The first-order valence-corrected chi connectivity index (χ1v) is 7.44. The van der Waals surface area contributed by atoms with E-state index in [1.165, 1.54) is 0 Å². The molecule has 0 bridgehead atoms. The van der Waals surface area contributed by atoms with Gasteiger partial charge in [0.25, 0.3) is 0 Å². The molecule has 90 valence electrons. The maximum atomic E-state index is 12.5. The summed E-state index contributed by atoms with van der Waals surface area (Å²) in [5, 5.41) is 0. The Labute approximate surface area is 122 Å². The average molecular weight is 366 g/mol. The summed E-state index contributed by atoms with van der Waals surface area (Å²) in [5.41, 5.74) is 3.79. The SMILES string of the molecule is O=C1c2ccc(Br)cc2CC(Br)c2ccccc21. The summed E-state index contributed by atoms with van der Waals surface area (Å²) in [6.07, 6.45) is 0.831. The molecule has 0 heterocycles. The third-order valence-corrected chi connectivity index (χ3v) is 4.56. The molecule has 0 saturated heterocycles. The zero-order valence-electron chi connectivity index (χ0n) is 9.49. The number of carbonyl (C=O) groups excluding carboxylic acids is 1. The highest BCUT2D eigenvalue weighted by Crippen LogP contribution is 2.36. The van der Waals surface area contributed by atoms with E-state index in [-0.39, 0.29) is 10.6 Å². The number of carbonyl (C=O) groups is 1. The van der Waals surface area contributed by atoms with Gasteiger partial charge in [-0.2, -0.15) is 0 Å². The topological polar surface area (TPSA) is 17.1 Å². The Hall–Kier alpha value is -0.930. The molecule has 2 aromatic rings. The van der Waals surface area contributed by atoms with Crippen LogP contribution in [-0.4, -0.2) is 5.78 Å². The Kier molecular flexibility index (Phi) is 3.12. The number of benzene rings is 2. The summed E-state index contributed by atoms with van der Waals surface area (Å²) >= 11 is 7.16. The highest BCUT2D eigenvalue weighted by Gasteiger charge is 2.25. The fourth-order valence-corrected chi connectivity index (χ4v) is 3.53. The molecule has 1 atom stereocenters. The fourth-order valence-electron chi connectivity index (χ4n) is 2.38. The molecule has 18 heavy (non-hydrogen) atoms. The van der Waals surface area contributed by atoms with Crippen LogP contribution in [0.25, 0.3) is 0 Å². The maximum Gasteiger partial charge on any atom is 0.193 e. The lowest BCUT2D eigenvalue weighted by atomic mass is 9.99. The molecule has 1 nitrogen and oxygen atoms in total. The van der Waals surface area contributed by atoms with Crippen LogP contribution in [0.1, 0.15) is 31.9 Å². The number of fused-ring (bicyclic) bond motifs is 2. The second-order valence-electron chi connectivity index (χ2n) is 4.39. The van der Waals surface area contributed by atoms with E-state index in [2.05, 4.69) is 31.9 Å². The van der Waals surface area contributed by atoms with Crippen LogP contribution in [0.5, 0.6) is 0 Å². The second-order valence-corrected chi connectivity index (χ2v) is 6.41. The molecule has 0 radical (unpaired) electrons. The van der Waals surface area contributed by atoms with Crippen LogP contribution >= 0.6 is 31.9 Å². The summed E-state index contributed by atoms with van der Waals surface area (Å²) in [6, 6.07) is 13.7. The van der Waals surface area contributed by atoms with Gasteiger partial charge < -0.3 is 0 Å². The Morgan fingerprint density at radius 1 is 1.06 bits per heavy atom. The van der Waals surface area contributed by atoms with Crippen molar-refractivity contribution in [2.24, 2.45) is 0 Å². The van der Waals surface area contributed by atoms with Gasteiger partial charge >= 0.3 is 0 Å². The van der Waals surface area contributed by atoms with Crippen molar-refractivity contribution < 1.29 is 4.79 Å². The van der Waals surface area contributed by atoms with Crippen molar-refractivity contribution in [2.75, 3.05) is 0 Å². The lowest BCUT2D eigenvalue weighted by molar-refractivity contribution is 0.103. The number of halogens is 2. The van der Waals surface area contributed by atoms with E-state index in [4.69, 9.17) is 0 Å². The number of alkyl halides is 1. The van der Waals surface area contributed by atoms with Crippen molar-refractivity contribution >= 4 is 37.6 Å². The third kappa shape index (κ3) is 1.95. The van der Waals surface area contributed by atoms with Gasteiger partial charge in [0.15, 0.2) is 5.78 Å². The van der Waals surface area contributed by atoms with Crippen molar-refractivity contribution in [3.8, 4) is 0 Å². The standard InChI is InChI=1S/C15H10Br2O/c16-10-5-6-11-9(7-10)8-14(17)12-3-1-2-4-13(12)15(11)18/h1-7,14H,8H2. The normalized spacial score (nSPS) is 17.9. The molecule has 0 fully saturated rings. The summed E-state index contributed by atoms with van der Waals surface area (Å²) in [6.45, 7) is 0. The smallest absolute Gasteiger partial charge is 0.193 e. The maximum absolute atomic E-state index is 12.5. The predicted octanol–water partition coefficient (Wildman–Crippen LogP) is 4.67. The minimum Gasteiger partial charge on any atom is -0.289 e.